The molecule has 0 saturated carbocycles. The number of hydrogen-bond donors (Lipinski definition) is 1. The molecule has 0 radical (unpaired) electrons. The molecule has 0 aliphatic carbocycles. The Morgan fingerprint density at radius 1 is 1.10 bits per heavy atom. The van der Waals surface area contributed by atoms with Crippen LogP contribution in [0, 0.1) is 0 Å². The van der Waals surface area contributed by atoms with Gasteiger partial charge in [0.25, 0.3) is 0 Å². The molecule has 3 heterocycles. The van der Waals surface area contributed by atoms with Crippen LogP contribution in [0.2, 0.25) is 0 Å². The first kappa shape index (κ1) is 19.3. The van der Waals surface area contributed by atoms with Gasteiger partial charge >= 0.3 is 5.56 Å². The van der Waals surface area contributed by atoms with E-state index in [2.05, 4.69) is 20.5 Å². The maximum Gasteiger partial charge on any atom is 0.300 e. The number of aromatic nitrogens is 5. The number of carbonyl (C=O) groups is 1. The van der Waals surface area contributed by atoms with Gasteiger partial charge in [-0.1, -0.05) is 6.07 Å². The van der Waals surface area contributed by atoms with Gasteiger partial charge in [-0.15, -0.1) is 10.2 Å². The molecule has 152 valence electrons. The van der Waals surface area contributed by atoms with Crippen LogP contribution < -0.4 is 15.6 Å². The molecule has 0 aliphatic rings. The van der Waals surface area contributed by atoms with Crippen LogP contribution in [-0.4, -0.2) is 37.2 Å². The summed E-state index contributed by atoms with van der Waals surface area (Å²) < 4.78 is 8.26. The number of rotatable bonds is 7. The number of methoxy groups -OCH3 is 1. The second kappa shape index (κ2) is 8.56. The lowest BCUT2D eigenvalue weighted by molar-refractivity contribution is -0.121. The Labute approximate surface area is 172 Å². The van der Waals surface area contributed by atoms with Crippen molar-refractivity contribution in [3.05, 3.63) is 82.9 Å². The van der Waals surface area contributed by atoms with Crippen molar-refractivity contribution in [3.8, 4) is 11.4 Å². The summed E-state index contributed by atoms with van der Waals surface area (Å²) in [7, 11) is 1.59. The van der Waals surface area contributed by atoms with E-state index >= 15 is 0 Å². The largest absolute Gasteiger partial charge is 0.497 e. The standard InChI is InChI=1S/C21H20N6O3/c1-30-17-7-5-16(6-8-17)26-12-13-27-18(24-25-20(27)21(26)29)9-10-19(28)23-14-15-4-2-3-11-22-15/h2-8,11-13H,9-10,14H2,1H3,(H,23,28). The van der Waals surface area contributed by atoms with Gasteiger partial charge in [-0.25, -0.2) is 0 Å². The molecule has 0 fully saturated rings. The smallest absolute Gasteiger partial charge is 0.300 e. The Hall–Kier alpha value is -4.01. The van der Waals surface area contributed by atoms with Gasteiger partial charge in [0.05, 0.1) is 19.3 Å². The van der Waals surface area contributed by atoms with Gasteiger partial charge < -0.3 is 10.1 Å². The number of fused-ring (bicyclic) bond motifs is 1. The number of pyridine rings is 1. The number of nitrogens with zero attached hydrogens (tertiary/aromatic N) is 5. The molecular formula is C21H20N6O3. The number of benzene rings is 1. The van der Waals surface area contributed by atoms with Crippen molar-refractivity contribution in [1.29, 1.82) is 0 Å². The van der Waals surface area contributed by atoms with E-state index in [4.69, 9.17) is 4.74 Å². The zero-order valence-corrected chi connectivity index (χ0v) is 16.4. The monoisotopic (exact) mass is 404 g/mol. The molecule has 0 bridgehead atoms. The Bertz CT molecular complexity index is 1220. The molecule has 30 heavy (non-hydrogen) atoms. The summed E-state index contributed by atoms with van der Waals surface area (Å²) >= 11 is 0. The molecule has 4 rings (SSSR count). The molecular weight excluding hydrogens is 384 g/mol. The van der Waals surface area contributed by atoms with Crippen LogP contribution >= 0.6 is 0 Å². The minimum atomic E-state index is -0.291. The fourth-order valence-corrected chi connectivity index (χ4v) is 3.06. The average Bonchev–Trinajstić information content (AvgIpc) is 3.21. The first-order chi connectivity index (χ1) is 14.7. The normalized spacial score (nSPS) is 10.8. The average molecular weight is 404 g/mol. The predicted octanol–water partition coefficient (Wildman–Crippen LogP) is 1.53. The molecule has 1 N–H and O–H groups in total. The lowest BCUT2D eigenvalue weighted by Gasteiger charge is -2.07. The molecule has 0 aliphatic heterocycles. The Morgan fingerprint density at radius 3 is 2.67 bits per heavy atom. The number of carbonyl (C=O) groups excluding carboxylic acids is 1. The van der Waals surface area contributed by atoms with Crippen LogP contribution in [0.3, 0.4) is 0 Å². The third-order valence-corrected chi connectivity index (χ3v) is 4.66. The van der Waals surface area contributed by atoms with E-state index in [1.54, 1.807) is 54.4 Å². The highest BCUT2D eigenvalue weighted by molar-refractivity contribution is 5.76. The molecule has 3 aromatic heterocycles. The fourth-order valence-electron chi connectivity index (χ4n) is 3.06. The molecule has 0 unspecified atom stereocenters. The van der Waals surface area contributed by atoms with E-state index in [0.717, 1.165) is 5.69 Å². The van der Waals surface area contributed by atoms with E-state index < -0.39 is 0 Å². The van der Waals surface area contributed by atoms with Gasteiger partial charge in [0, 0.05) is 37.1 Å². The highest BCUT2D eigenvalue weighted by Crippen LogP contribution is 2.14. The van der Waals surface area contributed by atoms with Crippen LogP contribution in [0.5, 0.6) is 5.75 Å². The summed E-state index contributed by atoms with van der Waals surface area (Å²) in [6.45, 7) is 0.368. The quantitative estimate of drug-likeness (QED) is 0.501. The zero-order chi connectivity index (χ0) is 20.9. The third kappa shape index (κ3) is 4.04. The van der Waals surface area contributed by atoms with Crippen LogP contribution in [-0.2, 0) is 17.8 Å². The van der Waals surface area contributed by atoms with Gasteiger partial charge in [0.15, 0.2) is 0 Å². The second-order valence-corrected chi connectivity index (χ2v) is 6.58. The van der Waals surface area contributed by atoms with Gasteiger partial charge in [-0.05, 0) is 36.4 Å². The Morgan fingerprint density at radius 2 is 1.93 bits per heavy atom. The molecule has 1 amide bonds. The lowest BCUT2D eigenvalue weighted by Crippen LogP contribution is -2.24. The number of aryl methyl sites for hydroxylation is 1. The first-order valence-electron chi connectivity index (χ1n) is 9.42. The van der Waals surface area contributed by atoms with E-state index in [9.17, 15) is 9.59 Å². The zero-order valence-electron chi connectivity index (χ0n) is 16.4. The van der Waals surface area contributed by atoms with E-state index in [0.29, 0.717) is 30.2 Å². The van der Waals surface area contributed by atoms with E-state index in [1.807, 2.05) is 18.2 Å². The van der Waals surface area contributed by atoms with Gasteiger partial charge in [-0.3, -0.25) is 23.5 Å². The molecule has 4 aromatic rings. The molecule has 9 heteroatoms. The van der Waals surface area contributed by atoms with Crippen molar-refractivity contribution >= 4 is 11.6 Å². The summed E-state index contributed by atoms with van der Waals surface area (Å²) in [4.78, 5) is 29.1. The van der Waals surface area contributed by atoms with Crippen LogP contribution in [0.1, 0.15) is 17.9 Å². The molecule has 0 saturated heterocycles. The minimum absolute atomic E-state index is 0.121. The Balaban J connectivity index is 1.46. The van der Waals surface area contributed by atoms with E-state index in [1.165, 1.54) is 4.57 Å². The van der Waals surface area contributed by atoms with Gasteiger partial charge in [0.2, 0.25) is 11.6 Å². The van der Waals surface area contributed by atoms with Crippen LogP contribution in [0.4, 0.5) is 0 Å². The molecule has 0 atom stereocenters. The van der Waals surface area contributed by atoms with Gasteiger partial charge in [-0.2, -0.15) is 0 Å². The summed E-state index contributed by atoms with van der Waals surface area (Å²) in [5.41, 5.74) is 1.40. The SMILES string of the molecule is COc1ccc(-n2ccn3c(CCC(=O)NCc4ccccn4)nnc3c2=O)cc1. The first-order valence-corrected chi connectivity index (χ1v) is 9.42. The van der Waals surface area contributed by atoms with Crippen molar-refractivity contribution in [3.63, 3.8) is 0 Å². The van der Waals surface area contributed by atoms with Gasteiger partial charge in [0.1, 0.15) is 11.6 Å². The summed E-state index contributed by atoms with van der Waals surface area (Å²) in [6.07, 6.45) is 5.66. The highest BCUT2D eigenvalue weighted by atomic mass is 16.5. The number of ether oxygens (including phenoxy) is 1. The summed E-state index contributed by atoms with van der Waals surface area (Å²) in [5, 5.41) is 10.9. The van der Waals surface area contributed by atoms with Crippen molar-refractivity contribution in [2.45, 2.75) is 19.4 Å². The molecule has 0 spiro atoms. The maximum atomic E-state index is 12.8. The topological polar surface area (TPSA) is 103 Å². The number of nitrogens with one attached hydrogen (secondary N) is 1. The Kier molecular flexibility index (Phi) is 5.51. The van der Waals surface area contributed by atoms with Crippen molar-refractivity contribution in [2.75, 3.05) is 7.11 Å². The molecule has 1 aromatic carbocycles. The summed E-state index contributed by atoms with van der Waals surface area (Å²) in [5.74, 6) is 1.14. The maximum absolute atomic E-state index is 12.8. The fraction of sp³-hybridized carbons (Fsp3) is 0.190. The molecule has 9 nitrogen and oxygen atoms in total. The van der Waals surface area contributed by atoms with E-state index in [-0.39, 0.29) is 23.5 Å². The highest BCUT2D eigenvalue weighted by Gasteiger charge is 2.13. The third-order valence-electron chi connectivity index (χ3n) is 4.66. The van der Waals surface area contributed by atoms with Crippen molar-refractivity contribution < 1.29 is 9.53 Å². The van der Waals surface area contributed by atoms with Crippen molar-refractivity contribution in [2.24, 2.45) is 0 Å². The van der Waals surface area contributed by atoms with Crippen LogP contribution in [0.25, 0.3) is 11.3 Å². The second-order valence-electron chi connectivity index (χ2n) is 6.58. The minimum Gasteiger partial charge on any atom is -0.497 e. The number of amides is 1. The number of hydrogen-bond acceptors (Lipinski definition) is 6. The van der Waals surface area contributed by atoms with Crippen molar-refractivity contribution in [1.82, 2.24) is 29.5 Å². The predicted molar refractivity (Wildman–Crippen MR) is 110 cm³/mol. The van der Waals surface area contributed by atoms with Crippen LogP contribution in [0.15, 0.2) is 65.8 Å². The lowest BCUT2D eigenvalue weighted by atomic mass is 10.2. The summed E-state index contributed by atoms with van der Waals surface area (Å²) in [6, 6.07) is 12.7.